The molecule has 1 fully saturated rings. The maximum atomic E-state index is 13.2. The van der Waals surface area contributed by atoms with Crippen LogP contribution in [0.1, 0.15) is 49.3 Å². The highest BCUT2D eigenvalue weighted by atomic mass is 35.5. The summed E-state index contributed by atoms with van der Waals surface area (Å²) in [5, 5.41) is 3.88. The maximum absolute atomic E-state index is 13.2. The molecule has 5 nitrogen and oxygen atoms in total. The zero-order chi connectivity index (χ0) is 17.1. The van der Waals surface area contributed by atoms with Gasteiger partial charge >= 0.3 is 0 Å². The van der Waals surface area contributed by atoms with Gasteiger partial charge in [0.25, 0.3) is 5.56 Å². The molecule has 3 heterocycles. The quantitative estimate of drug-likeness (QED) is 0.924. The number of aryl methyl sites for hydroxylation is 1. The van der Waals surface area contributed by atoms with E-state index in [1.165, 1.54) is 0 Å². The lowest BCUT2D eigenvalue weighted by Crippen LogP contribution is -2.31. The highest BCUT2D eigenvalue weighted by molar-refractivity contribution is 6.48. The van der Waals surface area contributed by atoms with Gasteiger partial charge < -0.3 is 5.32 Å². The van der Waals surface area contributed by atoms with Crippen LogP contribution < -0.4 is 10.9 Å². The summed E-state index contributed by atoms with van der Waals surface area (Å²) in [6, 6.07) is 3.75. The average molecular weight is 345 g/mol. The van der Waals surface area contributed by atoms with Crippen molar-refractivity contribution in [2.24, 2.45) is 0 Å². The maximum Gasteiger partial charge on any atom is 0.267 e. The molecule has 0 aromatic carbocycles. The van der Waals surface area contributed by atoms with Crippen LogP contribution in [0.2, 0.25) is 0 Å². The van der Waals surface area contributed by atoms with Crippen molar-refractivity contribution in [3.05, 3.63) is 58.0 Å². The molecule has 0 bridgehead atoms. The summed E-state index contributed by atoms with van der Waals surface area (Å²) in [5.41, 5.74) is 1.69. The Balaban J connectivity index is 2.27. The number of rotatable bonds is 4. The fourth-order valence-corrected chi connectivity index (χ4v) is 3.45. The van der Waals surface area contributed by atoms with E-state index in [9.17, 15) is 4.79 Å². The van der Waals surface area contributed by atoms with Gasteiger partial charge in [0.2, 0.25) is 0 Å². The first-order valence-corrected chi connectivity index (χ1v) is 8.64. The standard InChI is InChI=1S/C18H21ClN4O/c1-3-6-14(19)16-12(2)22-17(15-8-5-10-21-15)23(18(16)24)13-7-4-9-20-11-13/h4,6-7,9,11,15,21H,3,5,8,10H2,1-2H3/b14-6+. The molecule has 0 radical (unpaired) electrons. The lowest BCUT2D eigenvalue weighted by atomic mass is 10.1. The van der Waals surface area contributed by atoms with Crippen LogP contribution in [0.4, 0.5) is 0 Å². The third kappa shape index (κ3) is 3.14. The number of aromatic nitrogens is 3. The molecule has 3 rings (SSSR count). The van der Waals surface area contributed by atoms with Crippen molar-refractivity contribution in [1.29, 1.82) is 0 Å². The highest BCUT2D eigenvalue weighted by Crippen LogP contribution is 2.26. The molecule has 6 heteroatoms. The van der Waals surface area contributed by atoms with Gasteiger partial charge in [-0.3, -0.25) is 14.3 Å². The predicted molar refractivity (Wildman–Crippen MR) is 96.5 cm³/mol. The molecule has 1 N–H and O–H groups in total. The number of nitrogens with zero attached hydrogens (tertiary/aromatic N) is 3. The lowest BCUT2D eigenvalue weighted by molar-refractivity contribution is 0.575. The molecule has 126 valence electrons. The first-order chi connectivity index (χ1) is 11.6. The van der Waals surface area contributed by atoms with Crippen LogP contribution in [0.25, 0.3) is 10.7 Å². The Morgan fingerprint density at radius 3 is 3.00 bits per heavy atom. The lowest BCUT2D eigenvalue weighted by Gasteiger charge is -2.19. The van der Waals surface area contributed by atoms with Crippen molar-refractivity contribution < 1.29 is 0 Å². The van der Waals surface area contributed by atoms with E-state index in [0.29, 0.717) is 22.0 Å². The molecule has 2 aromatic rings. The number of nitrogens with one attached hydrogen (secondary N) is 1. The monoisotopic (exact) mass is 344 g/mol. The number of halogens is 1. The van der Waals surface area contributed by atoms with Gasteiger partial charge in [-0.25, -0.2) is 4.98 Å². The molecule has 1 aliphatic heterocycles. The van der Waals surface area contributed by atoms with Gasteiger partial charge in [0.05, 0.1) is 34.2 Å². The largest absolute Gasteiger partial charge is 0.307 e. The Morgan fingerprint density at radius 1 is 1.54 bits per heavy atom. The van der Waals surface area contributed by atoms with Crippen molar-refractivity contribution in [1.82, 2.24) is 19.9 Å². The third-order valence-corrected chi connectivity index (χ3v) is 4.53. The number of hydrogen-bond donors (Lipinski definition) is 1. The van der Waals surface area contributed by atoms with Gasteiger partial charge in [-0.1, -0.05) is 24.6 Å². The Bertz CT molecular complexity index is 808. The van der Waals surface area contributed by atoms with Crippen LogP contribution in [0.5, 0.6) is 0 Å². The molecule has 1 unspecified atom stereocenters. The van der Waals surface area contributed by atoms with E-state index >= 15 is 0 Å². The van der Waals surface area contributed by atoms with Gasteiger partial charge in [0.1, 0.15) is 5.82 Å². The van der Waals surface area contributed by atoms with E-state index in [1.807, 2.05) is 32.1 Å². The summed E-state index contributed by atoms with van der Waals surface area (Å²) >= 11 is 6.36. The number of pyridine rings is 1. The average Bonchev–Trinajstić information content (AvgIpc) is 3.09. The Labute approximate surface area is 146 Å². The first kappa shape index (κ1) is 16.9. The minimum absolute atomic E-state index is 0.0691. The molecule has 1 saturated heterocycles. The molecule has 1 atom stereocenters. The zero-order valence-electron chi connectivity index (χ0n) is 13.9. The van der Waals surface area contributed by atoms with Crippen molar-refractivity contribution in [2.45, 2.75) is 39.2 Å². The molecular formula is C18H21ClN4O. The fourth-order valence-electron chi connectivity index (χ4n) is 3.08. The van der Waals surface area contributed by atoms with Crippen LogP contribution in [0.3, 0.4) is 0 Å². The number of hydrogen-bond acceptors (Lipinski definition) is 4. The second-order valence-electron chi connectivity index (χ2n) is 5.89. The highest BCUT2D eigenvalue weighted by Gasteiger charge is 2.25. The summed E-state index contributed by atoms with van der Waals surface area (Å²) < 4.78 is 1.64. The van der Waals surface area contributed by atoms with Crippen molar-refractivity contribution in [2.75, 3.05) is 6.54 Å². The molecular weight excluding hydrogens is 324 g/mol. The van der Waals surface area contributed by atoms with Crippen LogP contribution in [-0.2, 0) is 0 Å². The van der Waals surface area contributed by atoms with Crippen LogP contribution in [-0.4, -0.2) is 21.1 Å². The van der Waals surface area contributed by atoms with Gasteiger partial charge in [-0.15, -0.1) is 0 Å². The summed E-state index contributed by atoms with van der Waals surface area (Å²) in [7, 11) is 0. The van der Waals surface area contributed by atoms with E-state index in [0.717, 1.165) is 31.6 Å². The van der Waals surface area contributed by atoms with E-state index in [2.05, 4.69) is 10.3 Å². The van der Waals surface area contributed by atoms with Crippen LogP contribution >= 0.6 is 11.6 Å². The molecule has 0 spiro atoms. The smallest absolute Gasteiger partial charge is 0.267 e. The van der Waals surface area contributed by atoms with Gasteiger partial charge in [-0.05, 0) is 44.9 Å². The minimum Gasteiger partial charge on any atom is -0.307 e. The van der Waals surface area contributed by atoms with Gasteiger partial charge in [0.15, 0.2) is 0 Å². The Hall–Kier alpha value is -1.98. The second kappa shape index (κ2) is 7.28. The summed E-state index contributed by atoms with van der Waals surface area (Å²) in [6.45, 7) is 4.77. The molecule has 0 amide bonds. The molecule has 0 saturated carbocycles. The minimum atomic E-state index is -0.145. The van der Waals surface area contributed by atoms with Crippen molar-refractivity contribution in [3.63, 3.8) is 0 Å². The van der Waals surface area contributed by atoms with E-state index < -0.39 is 0 Å². The van der Waals surface area contributed by atoms with Gasteiger partial charge in [-0.2, -0.15) is 0 Å². The Morgan fingerprint density at radius 2 is 2.38 bits per heavy atom. The fraction of sp³-hybridized carbons (Fsp3) is 0.389. The predicted octanol–water partition coefficient (Wildman–Crippen LogP) is 3.35. The van der Waals surface area contributed by atoms with Crippen LogP contribution in [0, 0.1) is 6.92 Å². The first-order valence-electron chi connectivity index (χ1n) is 8.26. The molecule has 0 aliphatic carbocycles. The topological polar surface area (TPSA) is 59.8 Å². The van der Waals surface area contributed by atoms with E-state index in [1.54, 1.807) is 17.0 Å². The normalized spacial score (nSPS) is 18.1. The van der Waals surface area contributed by atoms with Crippen molar-refractivity contribution in [3.8, 4) is 5.69 Å². The number of allylic oxidation sites excluding steroid dienone is 1. The summed E-state index contributed by atoms with van der Waals surface area (Å²) in [5.74, 6) is 0.729. The SMILES string of the molecule is CC/C=C(/Cl)c1c(C)nc(C2CCCN2)n(-c2cccnc2)c1=O. The summed E-state index contributed by atoms with van der Waals surface area (Å²) in [4.78, 5) is 22.1. The summed E-state index contributed by atoms with van der Waals surface area (Å²) in [6.07, 6.45) is 8.01. The molecule has 2 aromatic heterocycles. The Kier molecular flexibility index (Phi) is 5.11. The van der Waals surface area contributed by atoms with E-state index in [-0.39, 0.29) is 11.6 Å². The molecule has 24 heavy (non-hydrogen) atoms. The third-order valence-electron chi connectivity index (χ3n) is 4.19. The van der Waals surface area contributed by atoms with Crippen molar-refractivity contribution >= 4 is 16.6 Å². The van der Waals surface area contributed by atoms with E-state index in [4.69, 9.17) is 16.6 Å². The molecule has 1 aliphatic rings. The second-order valence-corrected chi connectivity index (χ2v) is 6.30. The van der Waals surface area contributed by atoms with Gasteiger partial charge in [0, 0.05) is 6.20 Å². The van der Waals surface area contributed by atoms with Crippen LogP contribution in [0.15, 0.2) is 35.4 Å². The zero-order valence-corrected chi connectivity index (χ0v) is 14.7.